The Morgan fingerprint density at radius 3 is 2.59 bits per heavy atom. The molecule has 1 aliphatic heterocycles. The van der Waals surface area contributed by atoms with Crippen LogP contribution >= 0.6 is 11.8 Å². The Morgan fingerprint density at radius 1 is 1.14 bits per heavy atom. The second kappa shape index (κ2) is 12.7. The largest absolute Gasteiger partial charge is 0.493 e. The molecule has 3 rings (SSSR count). The van der Waals surface area contributed by atoms with Crippen LogP contribution in [0.25, 0.3) is 6.08 Å². The van der Waals surface area contributed by atoms with Crippen LogP contribution in [0.3, 0.4) is 0 Å². The van der Waals surface area contributed by atoms with Gasteiger partial charge in [-0.3, -0.25) is 24.1 Å². The summed E-state index contributed by atoms with van der Waals surface area (Å²) in [5, 5.41) is 4.77. The molecule has 0 bridgehead atoms. The van der Waals surface area contributed by atoms with Gasteiger partial charge in [0.2, 0.25) is 5.91 Å². The number of nitrogens with zero attached hydrogens (tertiary/aromatic N) is 1. The molecule has 0 aliphatic carbocycles. The van der Waals surface area contributed by atoms with E-state index in [1.165, 1.54) is 31.4 Å². The number of halogens is 2. The molecule has 0 aromatic heterocycles. The maximum absolute atomic E-state index is 12.8. The fourth-order valence-electron chi connectivity index (χ4n) is 3.34. The molecular formula is C25H23F2N3O6S. The first-order valence-corrected chi connectivity index (χ1v) is 11.7. The first-order valence-electron chi connectivity index (χ1n) is 10.9. The Labute approximate surface area is 215 Å². The van der Waals surface area contributed by atoms with Crippen LogP contribution in [0.5, 0.6) is 11.5 Å². The van der Waals surface area contributed by atoms with Crippen LogP contribution in [-0.4, -0.2) is 54.7 Å². The molecule has 0 saturated carbocycles. The highest BCUT2D eigenvalue weighted by atomic mass is 32.2. The predicted octanol–water partition coefficient (Wildman–Crippen LogP) is 3.57. The number of carbonyl (C=O) groups excluding carboxylic acids is 4. The molecule has 12 heteroatoms. The third-order valence-corrected chi connectivity index (χ3v) is 6.00. The smallest absolute Gasteiger partial charge is 0.387 e. The summed E-state index contributed by atoms with van der Waals surface area (Å²) in [4.78, 5) is 50.4. The standard InChI is InChI=1S/C25H23F2N3O6S/c1-3-21(31)29-14-16-6-4-5-7-17(16)22(32)28-10-11-30-23(33)20(37-25(30)34)13-15-8-9-18(36-24(26)27)19(12-15)35-2/h3-9,12-13,24H,1,10-11,14H2,2H3,(H,28,32)(H,29,31)/b20-13+. The van der Waals surface area contributed by atoms with Crippen molar-refractivity contribution in [1.29, 1.82) is 0 Å². The molecule has 1 heterocycles. The first kappa shape index (κ1) is 27.4. The molecule has 194 valence electrons. The van der Waals surface area contributed by atoms with Crippen LogP contribution in [0, 0.1) is 0 Å². The third kappa shape index (κ3) is 7.17. The van der Waals surface area contributed by atoms with Gasteiger partial charge in [0, 0.05) is 25.2 Å². The zero-order chi connectivity index (χ0) is 26.9. The van der Waals surface area contributed by atoms with Crippen molar-refractivity contribution < 1.29 is 37.4 Å². The Kier molecular flexibility index (Phi) is 9.39. The number of ether oxygens (including phenoxy) is 2. The Balaban J connectivity index is 1.62. The topological polar surface area (TPSA) is 114 Å². The highest BCUT2D eigenvalue weighted by Gasteiger charge is 2.34. The zero-order valence-electron chi connectivity index (χ0n) is 19.7. The second-order valence-electron chi connectivity index (χ2n) is 7.46. The number of methoxy groups -OCH3 is 1. The predicted molar refractivity (Wildman–Crippen MR) is 133 cm³/mol. The number of carbonyl (C=O) groups is 4. The van der Waals surface area contributed by atoms with Gasteiger partial charge in [-0.05, 0) is 53.2 Å². The van der Waals surface area contributed by atoms with Crippen molar-refractivity contribution in [2.24, 2.45) is 0 Å². The molecule has 0 radical (unpaired) electrons. The maximum Gasteiger partial charge on any atom is 0.387 e. The molecule has 4 amide bonds. The Morgan fingerprint density at radius 2 is 1.89 bits per heavy atom. The van der Waals surface area contributed by atoms with Crippen molar-refractivity contribution in [3.63, 3.8) is 0 Å². The average Bonchev–Trinajstić information content (AvgIpc) is 3.15. The maximum atomic E-state index is 12.8. The number of amides is 4. The van der Waals surface area contributed by atoms with Gasteiger partial charge >= 0.3 is 6.61 Å². The van der Waals surface area contributed by atoms with Crippen molar-refractivity contribution >= 4 is 40.8 Å². The van der Waals surface area contributed by atoms with E-state index in [4.69, 9.17) is 4.74 Å². The van der Waals surface area contributed by atoms with Crippen LogP contribution in [0.2, 0.25) is 0 Å². The number of benzene rings is 2. The van der Waals surface area contributed by atoms with E-state index in [1.807, 2.05) is 0 Å². The van der Waals surface area contributed by atoms with Crippen LogP contribution < -0.4 is 20.1 Å². The number of alkyl halides is 2. The van der Waals surface area contributed by atoms with Gasteiger partial charge in [0.25, 0.3) is 17.1 Å². The summed E-state index contributed by atoms with van der Waals surface area (Å²) in [6.45, 7) is 0.423. The lowest BCUT2D eigenvalue weighted by atomic mass is 10.1. The number of hydrogen-bond acceptors (Lipinski definition) is 7. The van der Waals surface area contributed by atoms with Gasteiger partial charge in [0.1, 0.15) is 0 Å². The minimum Gasteiger partial charge on any atom is -0.493 e. The summed E-state index contributed by atoms with van der Waals surface area (Å²) in [5.74, 6) is -1.48. The first-order chi connectivity index (χ1) is 17.7. The highest BCUT2D eigenvalue weighted by molar-refractivity contribution is 8.18. The van der Waals surface area contributed by atoms with E-state index in [0.29, 0.717) is 16.7 Å². The molecule has 0 atom stereocenters. The van der Waals surface area contributed by atoms with Gasteiger partial charge in [0.05, 0.1) is 12.0 Å². The molecule has 37 heavy (non-hydrogen) atoms. The molecule has 2 N–H and O–H groups in total. The van der Waals surface area contributed by atoms with E-state index in [2.05, 4.69) is 21.9 Å². The minimum absolute atomic E-state index is 0.00495. The summed E-state index contributed by atoms with van der Waals surface area (Å²) < 4.78 is 34.5. The molecule has 0 spiro atoms. The number of hydrogen-bond donors (Lipinski definition) is 2. The van der Waals surface area contributed by atoms with E-state index >= 15 is 0 Å². The Bertz CT molecular complexity index is 1250. The van der Waals surface area contributed by atoms with Crippen molar-refractivity contribution in [3.05, 3.63) is 76.7 Å². The third-order valence-electron chi connectivity index (χ3n) is 5.10. The normalized spacial score (nSPS) is 14.2. The van der Waals surface area contributed by atoms with E-state index in [1.54, 1.807) is 24.3 Å². The number of thioether (sulfide) groups is 1. The van der Waals surface area contributed by atoms with Crippen molar-refractivity contribution in [2.45, 2.75) is 13.2 Å². The highest BCUT2D eigenvalue weighted by Crippen LogP contribution is 2.34. The zero-order valence-corrected chi connectivity index (χ0v) is 20.5. The number of rotatable bonds is 11. The fourth-order valence-corrected chi connectivity index (χ4v) is 4.20. The van der Waals surface area contributed by atoms with Crippen LogP contribution in [-0.2, 0) is 16.1 Å². The van der Waals surface area contributed by atoms with Crippen LogP contribution in [0.1, 0.15) is 21.5 Å². The van der Waals surface area contributed by atoms with Gasteiger partial charge in [-0.1, -0.05) is 30.8 Å². The summed E-state index contributed by atoms with van der Waals surface area (Å²) in [6.07, 6.45) is 2.56. The lowest BCUT2D eigenvalue weighted by Crippen LogP contribution is -2.37. The number of nitrogens with one attached hydrogen (secondary N) is 2. The summed E-state index contributed by atoms with van der Waals surface area (Å²) in [6, 6.07) is 10.8. The SMILES string of the molecule is C=CC(=O)NCc1ccccc1C(=O)NCCN1C(=O)S/C(=C/c2ccc(OC(F)F)c(OC)c2)C1=O. The molecule has 1 saturated heterocycles. The molecule has 2 aromatic carbocycles. The summed E-state index contributed by atoms with van der Waals surface area (Å²) in [5.41, 5.74) is 1.37. The van der Waals surface area contributed by atoms with Gasteiger partial charge in [-0.2, -0.15) is 8.78 Å². The van der Waals surface area contributed by atoms with E-state index in [9.17, 15) is 28.0 Å². The monoisotopic (exact) mass is 531 g/mol. The minimum atomic E-state index is -3.02. The van der Waals surface area contributed by atoms with E-state index in [-0.39, 0.29) is 41.9 Å². The van der Waals surface area contributed by atoms with Gasteiger partial charge in [0.15, 0.2) is 11.5 Å². The van der Waals surface area contributed by atoms with Gasteiger partial charge < -0.3 is 20.1 Å². The second-order valence-corrected chi connectivity index (χ2v) is 8.45. The van der Waals surface area contributed by atoms with E-state index in [0.717, 1.165) is 22.7 Å². The average molecular weight is 532 g/mol. The lowest BCUT2D eigenvalue weighted by molar-refractivity contribution is -0.122. The molecule has 1 fully saturated rings. The number of imide groups is 1. The summed E-state index contributed by atoms with van der Waals surface area (Å²) >= 11 is 0.720. The molecule has 2 aromatic rings. The molecule has 0 unspecified atom stereocenters. The van der Waals surface area contributed by atoms with Crippen LogP contribution in [0.4, 0.5) is 13.6 Å². The summed E-state index contributed by atoms with van der Waals surface area (Å²) in [7, 11) is 1.29. The lowest BCUT2D eigenvalue weighted by Gasteiger charge is -2.14. The van der Waals surface area contributed by atoms with Gasteiger partial charge in [-0.25, -0.2) is 0 Å². The van der Waals surface area contributed by atoms with Crippen molar-refractivity contribution in [1.82, 2.24) is 15.5 Å². The molecular weight excluding hydrogens is 508 g/mol. The molecule has 1 aliphatic rings. The van der Waals surface area contributed by atoms with Crippen molar-refractivity contribution in [3.8, 4) is 11.5 Å². The van der Waals surface area contributed by atoms with Gasteiger partial charge in [-0.15, -0.1) is 0 Å². The fraction of sp³-hybridized carbons (Fsp3) is 0.200. The Hall–Kier alpha value is -4.19. The quantitative estimate of drug-likeness (QED) is 0.426. The molecule has 9 nitrogen and oxygen atoms in total. The van der Waals surface area contributed by atoms with Crippen molar-refractivity contribution in [2.75, 3.05) is 20.2 Å². The van der Waals surface area contributed by atoms with E-state index < -0.39 is 23.7 Å². The van der Waals surface area contributed by atoms with Crippen LogP contribution in [0.15, 0.2) is 60.0 Å².